The van der Waals surface area contributed by atoms with Gasteiger partial charge in [0.1, 0.15) is 6.61 Å². The maximum atomic E-state index is 5.78. The van der Waals surface area contributed by atoms with Crippen LogP contribution in [0.2, 0.25) is 0 Å². The minimum absolute atomic E-state index is 0.133. The van der Waals surface area contributed by atoms with E-state index in [1.165, 1.54) is 0 Å². The fourth-order valence-electron chi connectivity index (χ4n) is 1.63. The third kappa shape index (κ3) is 4.63. The molecule has 0 saturated carbocycles. The van der Waals surface area contributed by atoms with Crippen LogP contribution in [0.25, 0.3) is 0 Å². The lowest BCUT2D eigenvalue weighted by Crippen LogP contribution is -2.40. The molecule has 4 heteroatoms. The second-order valence-electron chi connectivity index (χ2n) is 5.00. The summed E-state index contributed by atoms with van der Waals surface area (Å²) in [5, 5.41) is 3.45. The topological polar surface area (TPSA) is 39.7 Å². The average Bonchev–Trinajstić information content (AvgIpc) is 2.43. The van der Waals surface area contributed by atoms with Crippen molar-refractivity contribution in [3.05, 3.63) is 18.2 Å². The lowest BCUT2D eigenvalue weighted by Gasteiger charge is -2.24. The number of ether oxygens (including phenoxy) is 3. The minimum Gasteiger partial charge on any atom is -0.493 e. The summed E-state index contributed by atoms with van der Waals surface area (Å²) in [7, 11) is 3.25. The quantitative estimate of drug-likeness (QED) is 0.735. The van der Waals surface area contributed by atoms with E-state index in [4.69, 9.17) is 14.2 Å². The van der Waals surface area contributed by atoms with E-state index in [1.54, 1.807) is 14.2 Å². The Morgan fingerprint density at radius 3 is 2.16 bits per heavy atom. The highest BCUT2D eigenvalue weighted by atomic mass is 16.5. The van der Waals surface area contributed by atoms with Gasteiger partial charge in [-0.3, -0.25) is 0 Å². The van der Waals surface area contributed by atoms with Crippen LogP contribution in [0.15, 0.2) is 18.2 Å². The molecule has 0 aliphatic heterocycles. The molecule has 0 unspecified atom stereocenters. The van der Waals surface area contributed by atoms with Gasteiger partial charge in [0.05, 0.1) is 14.2 Å². The predicted octanol–water partition coefficient (Wildman–Crippen LogP) is 2.86. The third-order valence-corrected chi connectivity index (χ3v) is 3.22. The van der Waals surface area contributed by atoms with Crippen LogP contribution in [-0.4, -0.2) is 32.9 Å². The summed E-state index contributed by atoms with van der Waals surface area (Å²) < 4.78 is 16.3. The highest BCUT2D eigenvalue weighted by Crippen LogP contribution is 2.36. The zero-order chi connectivity index (χ0) is 14.3. The molecule has 0 radical (unpaired) electrons. The summed E-state index contributed by atoms with van der Waals surface area (Å²) in [6.45, 7) is 7.87. The molecule has 0 saturated heterocycles. The molecular formula is C15H25NO3. The van der Waals surface area contributed by atoms with Crippen LogP contribution in [0.3, 0.4) is 0 Å². The molecule has 0 aliphatic rings. The summed E-state index contributed by atoms with van der Waals surface area (Å²) in [5.41, 5.74) is 0.133. The maximum absolute atomic E-state index is 5.78. The van der Waals surface area contributed by atoms with Gasteiger partial charge in [0.2, 0.25) is 5.75 Å². The molecule has 0 atom stereocenters. The largest absolute Gasteiger partial charge is 0.493 e. The van der Waals surface area contributed by atoms with E-state index in [0.717, 1.165) is 13.0 Å². The van der Waals surface area contributed by atoms with E-state index < -0.39 is 0 Å². The smallest absolute Gasteiger partial charge is 0.203 e. The first-order chi connectivity index (χ1) is 9.04. The van der Waals surface area contributed by atoms with Crippen molar-refractivity contribution in [2.45, 2.75) is 32.7 Å². The fraction of sp³-hybridized carbons (Fsp3) is 0.600. The molecule has 1 aromatic carbocycles. The van der Waals surface area contributed by atoms with Crippen molar-refractivity contribution in [3.8, 4) is 17.2 Å². The zero-order valence-corrected chi connectivity index (χ0v) is 12.6. The number of hydrogen-bond acceptors (Lipinski definition) is 4. The van der Waals surface area contributed by atoms with E-state index in [-0.39, 0.29) is 5.54 Å². The minimum atomic E-state index is 0.133. The second-order valence-corrected chi connectivity index (χ2v) is 5.00. The van der Waals surface area contributed by atoms with Gasteiger partial charge in [-0.05, 0) is 32.4 Å². The fourth-order valence-corrected chi connectivity index (χ4v) is 1.63. The van der Waals surface area contributed by atoms with E-state index in [9.17, 15) is 0 Å². The number of benzene rings is 1. The Morgan fingerprint density at radius 2 is 1.68 bits per heavy atom. The zero-order valence-electron chi connectivity index (χ0n) is 12.6. The van der Waals surface area contributed by atoms with Gasteiger partial charge in [-0.1, -0.05) is 13.0 Å². The van der Waals surface area contributed by atoms with Crippen molar-refractivity contribution in [2.24, 2.45) is 0 Å². The van der Waals surface area contributed by atoms with E-state index in [1.807, 2.05) is 18.2 Å². The lowest BCUT2D eigenvalue weighted by molar-refractivity contribution is 0.256. The molecule has 1 rings (SSSR count). The molecule has 1 aromatic rings. The molecule has 108 valence electrons. The Morgan fingerprint density at radius 1 is 1.11 bits per heavy atom. The van der Waals surface area contributed by atoms with Gasteiger partial charge in [0, 0.05) is 12.1 Å². The number of rotatable bonds is 8. The molecule has 0 fully saturated rings. The van der Waals surface area contributed by atoms with Crippen LogP contribution in [0.4, 0.5) is 0 Å². The van der Waals surface area contributed by atoms with Crippen molar-refractivity contribution in [1.82, 2.24) is 5.32 Å². The Bertz CT molecular complexity index is 369. The van der Waals surface area contributed by atoms with Crippen molar-refractivity contribution < 1.29 is 14.2 Å². The van der Waals surface area contributed by atoms with Crippen molar-refractivity contribution in [2.75, 3.05) is 27.4 Å². The molecule has 0 amide bonds. The molecule has 1 N–H and O–H groups in total. The van der Waals surface area contributed by atoms with Gasteiger partial charge in [0.25, 0.3) is 0 Å². The van der Waals surface area contributed by atoms with Crippen molar-refractivity contribution in [3.63, 3.8) is 0 Å². The van der Waals surface area contributed by atoms with Crippen molar-refractivity contribution >= 4 is 0 Å². The first-order valence-corrected chi connectivity index (χ1v) is 6.63. The lowest BCUT2D eigenvalue weighted by atomic mass is 10.0. The van der Waals surface area contributed by atoms with Crippen molar-refractivity contribution in [1.29, 1.82) is 0 Å². The predicted molar refractivity (Wildman–Crippen MR) is 77.4 cm³/mol. The summed E-state index contributed by atoms with van der Waals surface area (Å²) in [6.07, 6.45) is 1.07. The molecule has 0 aliphatic carbocycles. The number of para-hydroxylation sites is 1. The number of methoxy groups -OCH3 is 2. The molecular weight excluding hydrogens is 242 g/mol. The normalized spacial score (nSPS) is 11.2. The van der Waals surface area contributed by atoms with Crippen LogP contribution in [0.5, 0.6) is 17.2 Å². The second kappa shape index (κ2) is 7.24. The highest BCUT2D eigenvalue weighted by molar-refractivity contribution is 5.51. The van der Waals surface area contributed by atoms with E-state index in [0.29, 0.717) is 23.9 Å². The Hall–Kier alpha value is -1.42. The van der Waals surface area contributed by atoms with Crippen LogP contribution in [0.1, 0.15) is 27.2 Å². The Labute approximate surface area is 116 Å². The summed E-state index contributed by atoms with van der Waals surface area (Å²) in [6, 6.07) is 5.60. The summed E-state index contributed by atoms with van der Waals surface area (Å²) in [5.74, 6) is 2.03. The third-order valence-electron chi connectivity index (χ3n) is 3.22. The van der Waals surface area contributed by atoms with Crippen LogP contribution in [0, 0.1) is 0 Å². The van der Waals surface area contributed by atoms with Crippen LogP contribution >= 0.6 is 0 Å². The number of hydrogen-bond donors (Lipinski definition) is 1. The highest BCUT2D eigenvalue weighted by Gasteiger charge is 2.14. The Balaban J connectivity index is 2.57. The van der Waals surface area contributed by atoms with Gasteiger partial charge in [0.15, 0.2) is 11.5 Å². The average molecular weight is 267 g/mol. The Kier molecular flexibility index (Phi) is 5.96. The van der Waals surface area contributed by atoms with Gasteiger partial charge < -0.3 is 19.5 Å². The van der Waals surface area contributed by atoms with Crippen LogP contribution < -0.4 is 19.5 Å². The van der Waals surface area contributed by atoms with E-state index in [2.05, 4.69) is 26.1 Å². The standard InChI is InChI=1S/C15H25NO3/c1-6-15(2,3)16-10-11-19-14-12(17-4)8-7-9-13(14)18-5/h7-9,16H,6,10-11H2,1-5H3. The monoisotopic (exact) mass is 267 g/mol. The van der Waals surface area contributed by atoms with Gasteiger partial charge in [-0.25, -0.2) is 0 Å². The SMILES string of the molecule is CCC(C)(C)NCCOc1c(OC)cccc1OC. The first-order valence-electron chi connectivity index (χ1n) is 6.63. The first kappa shape index (κ1) is 15.6. The molecule has 0 heterocycles. The molecule has 0 aromatic heterocycles. The molecule has 0 spiro atoms. The summed E-state index contributed by atoms with van der Waals surface area (Å²) in [4.78, 5) is 0. The molecule has 0 bridgehead atoms. The van der Waals surface area contributed by atoms with Gasteiger partial charge in [-0.2, -0.15) is 0 Å². The van der Waals surface area contributed by atoms with E-state index >= 15 is 0 Å². The van der Waals surface area contributed by atoms with Gasteiger partial charge >= 0.3 is 0 Å². The molecule has 19 heavy (non-hydrogen) atoms. The number of nitrogens with one attached hydrogen (secondary N) is 1. The maximum Gasteiger partial charge on any atom is 0.203 e. The van der Waals surface area contributed by atoms with Gasteiger partial charge in [-0.15, -0.1) is 0 Å². The van der Waals surface area contributed by atoms with Crippen LogP contribution in [-0.2, 0) is 0 Å². The molecule has 4 nitrogen and oxygen atoms in total. The summed E-state index contributed by atoms with van der Waals surface area (Å²) >= 11 is 0.